The van der Waals surface area contributed by atoms with Crippen molar-refractivity contribution in [1.82, 2.24) is 4.90 Å². The molecule has 3 rings (SSSR count). The number of epoxide rings is 1. The van der Waals surface area contributed by atoms with Crippen molar-refractivity contribution in [3.63, 3.8) is 0 Å². The first kappa shape index (κ1) is 15.0. The molecule has 4 heteroatoms. The summed E-state index contributed by atoms with van der Waals surface area (Å²) in [7, 11) is 4.04. The smallest absolute Gasteiger partial charge is 0.311 e. The molecule has 0 aromatic rings. The topological polar surface area (TPSA) is 42.1 Å². The number of allylic oxidation sites excluding steroid dienone is 2. The third-order valence-corrected chi connectivity index (χ3v) is 5.30. The van der Waals surface area contributed by atoms with E-state index in [4.69, 9.17) is 9.47 Å². The van der Waals surface area contributed by atoms with Crippen molar-refractivity contribution in [3.05, 3.63) is 11.6 Å². The van der Waals surface area contributed by atoms with Gasteiger partial charge in [0, 0.05) is 12.5 Å². The van der Waals surface area contributed by atoms with Gasteiger partial charge in [-0.1, -0.05) is 11.6 Å². The summed E-state index contributed by atoms with van der Waals surface area (Å²) in [6, 6.07) is 0. The fraction of sp³-hybridized carbons (Fsp3) is 0.824. The Labute approximate surface area is 127 Å². The molecular formula is C17H27NO3. The van der Waals surface area contributed by atoms with Crippen LogP contribution in [0.2, 0.25) is 0 Å². The Morgan fingerprint density at radius 1 is 1.43 bits per heavy atom. The van der Waals surface area contributed by atoms with Crippen LogP contribution in [0.4, 0.5) is 0 Å². The lowest BCUT2D eigenvalue weighted by Crippen LogP contribution is -2.34. The summed E-state index contributed by atoms with van der Waals surface area (Å²) in [5.41, 5.74) is 1.34. The van der Waals surface area contributed by atoms with Crippen molar-refractivity contribution in [3.8, 4) is 0 Å². The normalized spacial score (nSPS) is 45.4. The zero-order valence-corrected chi connectivity index (χ0v) is 13.6. The fourth-order valence-corrected chi connectivity index (χ4v) is 3.94. The largest absolute Gasteiger partial charge is 0.459 e. The minimum atomic E-state index is -0.0929. The minimum Gasteiger partial charge on any atom is -0.459 e. The molecular weight excluding hydrogens is 266 g/mol. The molecule has 2 heterocycles. The minimum absolute atomic E-state index is 0.00863. The highest BCUT2D eigenvalue weighted by atomic mass is 16.6. The van der Waals surface area contributed by atoms with Gasteiger partial charge in [-0.2, -0.15) is 0 Å². The highest BCUT2D eigenvalue weighted by Gasteiger charge is 2.62. The van der Waals surface area contributed by atoms with E-state index in [2.05, 4.69) is 24.8 Å². The second-order valence-electron chi connectivity index (χ2n) is 7.41. The zero-order chi connectivity index (χ0) is 15.2. The molecule has 2 fully saturated rings. The number of fused-ring (bicyclic) bond motifs is 3. The van der Waals surface area contributed by atoms with Crippen molar-refractivity contribution < 1.29 is 14.3 Å². The molecule has 3 aliphatic rings. The van der Waals surface area contributed by atoms with Gasteiger partial charge in [0.1, 0.15) is 12.2 Å². The van der Waals surface area contributed by atoms with Gasteiger partial charge in [-0.25, -0.2) is 0 Å². The average molecular weight is 293 g/mol. The summed E-state index contributed by atoms with van der Waals surface area (Å²) >= 11 is 0. The molecule has 0 aromatic carbocycles. The summed E-state index contributed by atoms with van der Waals surface area (Å²) in [6.45, 7) is 5.13. The first-order chi connectivity index (χ1) is 9.90. The molecule has 0 bridgehead atoms. The Hall–Kier alpha value is -0.870. The lowest BCUT2D eigenvalue weighted by Gasteiger charge is -2.23. The quantitative estimate of drug-likeness (QED) is 0.445. The van der Waals surface area contributed by atoms with E-state index in [0.717, 1.165) is 32.2 Å². The van der Waals surface area contributed by atoms with E-state index in [1.807, 2.05) is 14.1 Å². The van der Waals surface area contributed by atoms with Crippen LogP contribution in [0.1, 0.15) is 39.5 Å². The lowest BCUT2D eigenvalue weighted by atomic mass is 9.80. The summed E-state index contributed by atoms with van der Waals surface area (Å²) in [4.78, 5) is 14.4. The van der Waals surface area contributed by atoms with Crippen molar-refractivity contribution in [2.75, 3.05) is 20.6 Å². The van der Waals surface area contributed by atoms with Gasteiger partial charge < -0.3 is 14.4 Å². The maximum Gasteiger partial charge on any atom is 0.311 e. The molecule has 5 unspecified atom stereocenters. The molecule has 0 radical (unpaired) electrons. The molecule has 0 N–H and O–H groups in total. The summed E-state index contributed by atoms with van der Waals surface area (Å²) in [5, 5.41) is 0. The highest BCUT2D eigenvalue weighted by molar-refractivity contribution is 5.75. The first-order valence-corrected chi connectivity index (χ1v) is 8.09. The van der Waals surface area contributed by atoms with Gasteiger partial charge in [0.15, 0.2) is 0 Å². The van der Waals surface area contributed by atoms with E-state index in [1.54, 1.807) is 0 Å². The molecule has 118 valence electrons. The maximum atomic E-state index is 12.3. The van der Waals surface area contributed by atoms with Crippen LogP contribution in [0.5, 0.6) is 0 Å². The molecule has 21 heavy (non-hydrogen) atoms. The van der Waals surface area contributed by atoms with Crippen molar-refractivity contribution in [2.45, 2.75) is 57.3 Å². The van der Waals surface area contributed by atoms with Gasteiger partial charge in [-0.3, -0.25) is 4.79 Å². The number of carbonyl (C=O) groups excluding carboxylic acids is 1. The van der Waals surface area contributed by atoms with Gasteiger partial charge >= 0.3 is 5.97 Å². The average Bonchev–Trinajstić information content (AvgIpc) is 2.97. The lowest BCUT2D eigenvalue weighted by molar-refractivity contribution is -0.145. The second kappa shape index (κ2) is 5.40. The Bertz CT molecular complexity index is 459. The van der Waals surface area contributed by atoms with Crippen molar-refractivity contribution in [1.29, 1.82) is 0 Å². The summed E-state index contributed by atoms with van der Waals surface area (Å²) < 4.78 is 11.7. The van der Waals surface area contributed by atoms with E-state index in [1.165, 1.54) is 5.57 Å². The highest BCUT2D eigenvalue weighted by Crippen LogP contribution is 2.50. The number of nitrogens with zero attached hydrogens (tertiary/aromatic N) is 1. The zero-order valence-electron chi connectivity index (χ0n) is 13.6. The Morgan fingerprint density at radius 2 is 2.19 bits per heavy atom. The third kappa shape index (κ3) is 2.88. The molecule has 2 saturated heterocycles. The Morgan fingerprint density at radius 3 is 2.90 bits per heavy atom. The van der Waals surface area contributed by atoms with Crippen molar-refractivity contribution in [2.24, 2.45) is 11.8 Å². The van der Waals surface area contributed by atoms with Crippen LogP contribution in [-0.4, -0.2) is 49.3 Å². The first-order valence-electron chi connectivity index (χ1n) is 8.09. The van der Waals surface area contributed by atoms with Crippen LogP contribution in [-0.2, 0) is 14.3 Å². The SMILES string of the molecule is C/C1=C/CCC2(C)OC2C2OC(=O)C(CN(C)C)C2CC1. The molecule has 1 aliphatic carbocycles. The van der Waals surface area contributed by atoms with Crippen LogP contribution in [0.3, 0.4) is 0 Å². The number of hydrogen-bond donors (Lipinski definition) is 0. The van der Waals surface area contributed by atoms with Crippen LogP contribution < -0.4 is 0 Å². The molecule has 0 spiro atoms. The monoisotopic (exact) mass is 293 g/mol. The number of esters is 1. The van der Waals surface area contributed by atoms with Crippen LogP contribution in [0.15, 0.2) is 11.6 Å². The van der Waals surface area contributed by atoms with Crippen LogP contribution in [0.25, 0.3) is 0 Å². The molecule has 0 amide bonds. The molecule has 4 nitrogen and oxygen atoms in total. The van der Waals surface area contributed by atoms with E-state index in [9.17, 15) is 4.79 Å². The number of rotatable bonds is 2. The van der Waals surface area contributed by atoms with E-state index in [-0.39, 0.29) is 35.6 Å². The second-order valence-corrected chi connectivity index (χ2v) is 7.41. The molecule has 0 saturated carbocycles. The summed E-state index contributed by atoms with van der Waals surface area (Å²) in [5.74, 6) is 0.247. The standard InChI is InChI=1S/C17H27NO3/c1-11-6-5-9-17(2)15(21-17)14-12(8-7-11)13(10-18(3)4)16(19)20-14/h6,12-15H,5,7-10H2,1-4H3/b11-6-. The predicted molar refractivity (Wildman–Crippen MR) is 80.9 cm³/mol. The summed E-state index contributed by atoms with van der Waals surface area (Å²) in [6.07, 6.45) is 6.56. The van der Waals surface area contributed by atoms with E-state index in [0.29, 0.717) is 0 Å². The predicted octanol–water partition coefficient (Wildman–Crippen LogP) is 2.38. The van der Waals surface area contributed by atoms with Gasteiger partial charge in [-0.15, -0.1) is 0 Å². The fourth-order valence-electron chi connectivity index (χ4n) is 3.94. The Balaban J connectivity index is 1.83. The van der Waals surface area contributed by atoms with Gasteiger partial charge in [0.05, 0.1) is 11.5 Å². The number of ether oxygens (including phenoxy) is 2. The number of hydrogen-bond acceptors (Lipinski definition) is 4. The van der Waals surface area contributed by atoms with Crippen molar-refractivity contribution >= 4 is 5.97 Å². The van der Waals surface area contributed by atoms with Crippen LogP contribution >= 0.6 is 0 Å². The van der Waals surface area contributed by atoms with Gasteiger partial charge in [0.25, 0.3) is 0 Å². The van der Waals surface area contributed by atoms with Gasteiger partial charge in [0.2, 0.25) is 0 Å². The van der Waals surface area contributed by atoms with Gasteiger partial charge in [-0.05, 0) is 53.6 Å². The molecule has 0 aromatic heterocycles. The Kier molecular flexibility index (Phi) is 3.87. The van der Waals surface area contributed by atoms with E-state index >= 15 is 0 Å². The third-order valence-electron chi connectivity index (χ3n) is 5.30. The van der Waals surface area contributed by atoms with Crippen LogP contribution in [0, 0.1) is 11.8 Å². The molecule has 2 aliphatic heterocycles. The van der Waals surface area contributed by atoms with E-state index < -0.39 is 0 Å². The molecule has 5 atom stereocenters. The number of carbonyl (C=O) groups is 1. The maximum absolute atomic E-state index is 12.3.